The summed E-state index contributed by atoms with van der Waals surface area (Å²) in [4.78, 5) is 10.9. The van der Waals surface area contributed by atoms with Crippen LogP contribution in [-0.4, -0.2) is 22.1 Å². The number of nitrogen functional groups attached to an aromatic ring is 1. The van der Waals surface area contributed by atoms with Crippen LogP contribution in [0.4, 0.5) is 17.3 Å². The van der Waals surface area contributed by atoms with Gasteiger partial charge < -0.3 is 16.1 Å². The molecule has 23 heavy (non-hydrogen) atoms. The highest BCUT2D eigenvalue weighted by Crippen LogP contribution is 2.30. The van der Waals surface area contributed by atoms with E-state index in [-0.39, 0.29) is 5.54 Å². The first-order chi connectivity index (χ1) is 10.9. The van der Waals surface area contributed by atoms with E-state index in [0.29, 0.717) is 11.5 Å². The van der Waals surface area contributed by atoms with E-state index in [1.807, 2.05) is 0 Å². The Morgan fingerprint density at radius 3 is 2.61 bits per heavy atom. The Balaban J connectivity index is 1.81. The molecule has 2 heterocycles. The Kier molecular flexibility index (Phi) is 4.09. The molecule has 0 radical (unpaired) electrons. The van der Waals surface area contributed by atoms with Crippen LogP contribution < -0.4 is 21.5 Å². The maximum atomic E-state index is 6.29. The normalized spacial score (nSPS) is 14.5. The minimum absolute atomic E-state index is 0.0817. The van der Waals surface area contributed by atoms with Gasteiger partial charge in [-0.2, -0.15) is 0 Å². The Morgan fingerprint density at radius 1 is 1.13 bits per heavy atom. The van der Waals surface area contributed by atoms with Crippen LogP contribution in [0.15, 0.2) is 30.6 Å². The molecule has 0 spiro atoms. The number of nitrogens with two attached hydrogens (primary N) is 1. The molecule has 0 amide bonds. The van der Waals surface area contributed by atoms with Gasteiger partial charge in [0.1, 0.15) is 12.0 Å². The molecule has 6 heteroatoms. The largest absolute Gasteiger partial charge is 0.393 e. The minimum Gasteiger partial charge on any atom is -0.393 e. The van der Waals surface area contributed by atoms with Crippen molar-refractivity contribution >= 4 is 17.3 Å². The fourth-order valence-corrected chi connectivity index (χ4v) is 2.66. The number of fused-ring (bicyclic) bond motifs is 1. The van der Waals surface area contributed by atoms with Crippen molar-refractivity contribution < 1.29 is 0 Å². The van der Waals surface area contributed by atoms with Gasteiger partial charge in [-0.1, -0.05) is 24.3 Å². The molecule has 0 aliphatic carbocycles. The van der Waals surface area contributed by atoms with Crippen molar-refractivity contribution in [2.75, 3.05) is 22.6 Å². The molecule has 6 nitrogen and oxygen atoms in total. The van der Waals surface area contributed by atoms with Gasteiger partial charge in [0.2, 0.25) is 0 Å². The molecular weight excluding hydrogens is 288 g/mol. The number of rotatable bonds is 3. The molecule has 4 N–H and O–H groups in total. The lowest BCUT2D eigenvalue weighted by molar-refractivity contribution is 0.464. The predicted molar refractivity (Wildman–Crippen MR) is 94.2 cm³/mol. The number of hydrazine groups is 1. The summed E-state index contributed by atoms with van der Waals surface area (Å²) in [5, 5.41) is 0. The third-order valence-corrected chi connectivity index (χ3v) is 3.85. The van der Waals surface area contributed by atoms with Crippen LogP contribution in [0.2, 0.25) is 0 Å². The number of hydrogen-bond acceptors (Lipinski definition) is 6. The molecule has 0 unspecified atom stereocenters. The summed E-state index contributed by atoms with van der Waals surface area (Å²) in [6.45, 7) is 7.94. The quantitative estimate of drug-likeness (QED) is 0.755. The number of nitrogens with one attached hydrogen (secondary N) is 2. The van der Waals surface area contributed by atoms with Crippen molar-refractivity contribution in [3.63, 3.8) is 0 Å². The van der Waals surface area contributed by atoms with Crippen LogP contribution in [0.1, 0.15) is 31.9 Å². The zero-order valence-corrected chi connectivity index (χ0v) is 13.9. The molecule has 0 saturated heterocycles. The minimum atomic E-state index is -0.0817. The van der Waals surface area contributed by atoms with Crippen LogP contribution in [0.5, 0.6) is 0 Å². The first kappa shape index (κ1) is 15.6. The zero-order valence-electron chi connectivity index (χ0n) is 13.9. The molecule has 0 bridgehead atoms. The Morgan fingerprint density at radius 2 is 1.87 bits per heavy atom. The Labute approximate surface area is 137 Å². The maximum absolute atomic E-state index is 6.29. The van der Waals surface area contributed by atoms with Gasteiger partial charge in [-0.05, 0) is 38.3 Å². The van der Waals surface area contributed by atoms with Crippen molar-refractivity contribution in [3.8, 4) is 0 Å². The second-order valence-electron chi connectivity index (χ2n) is 6.90. The molecule has 0 saturated carbocycles. The molecule has 1 aromatic carbocycles. The highest BCUT2D eigenvalue weighted by molar-refractivity contribution is 5.75. The lowest BCUT2D eigenvalue weighted by Gasteiger charge is -2.31. The Bertz CT molecular complexity index is 692. The van der Waals surface area contributed by atoms with E-state index in [4.69, 9.17) is 5.73 Å². The average molecular weight is 312 g/mol. The third kappa shape index (κ3) is 3.53. The standard InChI is InChI=1S/C17H24N6/c1-17(2,3)22-21-15-14(18)16(20-11-19-15)23-9-8-12-6-4-5-7-13(12)10-23/h4-7,11,22H,8-10,18H2,1-3H3,(H,19,20,21). The van der Waals surface area contributed by atoms with Crippen molar-refractivity contribution in [1.29, 1.82) is 0 Å². The maximum Gasteiger partial charge on any atom is 0.169 e. The molecule has 0 atom stereocenters. The van der Waals surface area contributed by atoms with Gasteiger partial charge in [0.25, 0.3) is 0 Å². The number of nitrogens with zero attached hydrogens (tertiary/aromatic N) is 3. The first-order valence-electron chi connectivity index (χ1n) is 7.89. The predicted octanol–water partition coefficient (Wildman–Crippen LogP) is 2.34. The van der Waals surface area contributed by atoms with Gasteiger partial charge in [-0.15, -0.1) is 0 Å². The summed E-state index contributed by atoms with van der Waals surface area (Å²) in [5.41, 5.74) is 15.8. The SMILES string of the molecule is CC(C)(C)NNc1ncnc(N2CCc3ccccc3C2)c1N. The Hall–Kier alpha value is -2.34. The molecule has 122 valence electrons. The van der Waals surface area contributed by atoms with E-state index in [2.05, 4.69) is 70.8 Å². The second kappa shape index (κ2) is 6.04. The van der Waals surface area contributed by atoms with Crippen molar-refractivity contribution in [1.82, 2.24) is 15.4 Å². The van der Waals surface area contributed by atoms with Crippen LogP contribution in [0.3, 0.4) is 0 Å². The smallest absolute Gasteiger partial charge is 0.169 e. The van der Waals surface area contributed by atoms with Crippen LogP contribution in [0, 0.1) is 0 Å². The van der Waals surface area contributed by atoms with Crippen molar-refractivity contribution in [2.24, 2.45) is 0 Å². The molecule has 1 aliphatic rings. The van der Waals surface area contributed by atoms with Gasteiger partial charge in [-0.3, -0.25) is 0 Å². The van der Waals surface area contributed by atoms with Gasteiger partial charge in [0.05, 0.1) is 0 Å². The van der Waals surface area contributed by atoms with Crippen LogP contribution >= 0.6 is 0 Å². The van der Waals surface area contributed by atoms with E-state index in [9.17, 15) is 0 Å². The molecule has 1 aromatic heterocycles. The summed E-state index contributed by atoms with van der Waals surface area (Å²) in [6.07, 6.45) is 2.56. The zero-order chi connectivity index (χ0) is 16.4. The topological polar surface area (TPSA) is 79.1 Å². The molecular formula is C17H24N6. The summed E-state index contributed by atoms with van der Waals surface area (Å²) in [7, 11) is 0. The summed E-state index contributed by atoms with van der Waals surface area (Å²) >= 11 is 0. The molecule has 3 rings (SSSR count). The monoisotopic (exact) mass is 312 g/mol. The summed E-state index contributed by atoms with van der Waals surface area (Å²) in [5.74, 6) is 1.40. The third-order valence-electron chi connectivity index (χ3n) is 3.85. The van der Waals surface area contributed by atoms with E-state index >= 15 is 0 Å². The second-order valence-corrected chi connectivity index (χ2v) is 6.90. The van der Waals surface area contributed by atoms with Gasteiger partial charge >= 0.3 is 0 Å². The first-order valence-corrected chi connectivity index (χ1v) is 7.89. The fraction of sp³-hybridized carbons (Fsp3) is 0.412. The van der Waals surface area contributed by atoms with E-state index in [0.717, 1.165) is 25.3 Å². The lowest BCUT2D eigenvalue weighted by atomic mass is 10.00. The summed E-state index contributed by atoms with van der Waals surface area (Å²) < 4.78 is 0. The summed E-state index contributed by atoms with van der Waals surface area (Å²) in [6, 6.07) is 8.52. The number of aromatic nitrogens is 2. The van der Waals surface area contributed by atoms with Crippen molar-refractivity contribution in [2.45, 2.75) is 39.3 Å². The number of hydrogen-bond donors (Lipinski definition) is 3. The van der Waals surface area contributed by atoms with Crippen LogP contribution in [-0.2, 0) is 13.0 Å². The molecule has 2 aromatic rings. The van der Waals surface area contributed by atoms with Gasteiger partial charge in [0, 0.05) is 18.6 Å². The van der Waals surface area contributed by atoms with E-state index in [1.54, 1.807) is 6.33 Å². The highest BCUT2D eigenvalue weighted by Gasteiger charge is 2.21. The van der Waals surface area contributed by atoms with Crippen molar-refractivity contribution in [3.05, 3.63) is 41.7 Å². The highest BCUT2D eigenvalue weighted by atomic mass is 15.4. The van der Waals surface area contributed by atoms with Gasteiger partial charge in [0.15, 0.2) is 11.6 Å². The van der Waals surface area contributed by atoms with E-state index < -0.39 is 0 Å². The molecule has 0 fully saturated rings. The average Bonchev–Trinajstić information content (AvgIpc) is 2.52. The molecule has 1 aliphatic heterocycles. The number of benzene rings is 1. The number of anilines is 3. The van der Waals surface area contributed by atoms with E-state index in [1.165, 1.54) is 11.1 Å². The van der Waals surface area contributed by atoms with Gasteiger partial charge in [-0.25, -0.2) is 15.4 Å². The lowest BCUT2D eigenvalue weighted by Crippen LogP contribution is -2.40. The fourth-order valence-electron chi connectivity index (χ4n) is 2.66. The van der Waals surface area contributed by atoms with Crippen LogP contribution in [0.25, 0.3) is 0 Å².